The number of hydrogen-bond donors (Lipinski definition) is 2. The third-order valence-electron chi connectivity index (χ3n) is 2.88. The lowest BCUT2D eigenvalue weighted by Crippen LogP contribution is -1.98. The lowest BCUT2D eigenvalue weighted by Gasteiger charge is -2.06. The topological polar surface area (TPSA) is 79.7 Å². The summed E-state index contributed by atoms with van der Waals surface area (Å²) in [5, 5.41) is 19.8. The molecule has 0 atom stereocenters. The van der Waals surface area contributed by atoms with Gasteiger partial charge in [-0.05, 0) is 31.4 Å². The fraction of sp³-hybridized carbons (Fsp3) is 0.333. The molecule has 0 bridgehead atoms. The van der Waals surface area contributed by atoms with Crippen LogP contribution in [-0.2, 0) is 0 Å². The van der Waals surface area contributed by atoms with E-state index in [9.17, 15) is 4.79 Å². The number of carboxylic acid groups (broad SMARTS) is 1. The molecule has 2 rings (SSSR count). The molecule has 0 radical (unpaired) electrons. The second-order valence-corrected chi connectivity index (χ2v) is 5.36. The van der Waals surface area contributed by atoms with E-state index in [4.69, 9.17) is 14.9 Å². The van der Waals surface area contributed by atoms with Crippen molar-refractivity contribution in [1.29, 1.82) is 0 Å². The van der Waals surface area contributed by atoms with Gasteiger partial charge in [-0.2, -0.15) is 0 Å². The van der Waals surface area contributed by atoms with Crippen LogP contribution in [0.2, 0.25) is 0 Å². The van der Waals surface area contributed by atoms with Gasteiger partial charge in [0.2, 0.25) is 0 Å². The number of nitrogens with zero attached hydrogens (tertiary/aromatic N) is 1. The number of rotatable bonds is 8. The first-order chi connectivity index (χ1) is 10.2. The van der Waals surface area contributed by atoms with Gasteiger partial charge in [-0.15, -0.1) is 11.3 Å². The molecule has 0 aliphatic rings. The van der Waals surface area contributed by atoms with Crippen molar-refractivity contribution in [2.75, 3.05) is 13.2 Å². The number of ether oxygens (including phenoxy) is 1. The largest absolute Gasteiger partial charge is 0.494 e. The van der Waals surface area contributed by atoms with Gasteiger partial charge in [-0.3, -0.25) is 0 Å². The maximum absolute atomic E-state index is 10.8. The molecule has 0 unspecified atom stereocenters. The third kappa shape index (κ3) is 4.54. The summed E-state index contributed by atoms with van der Waals surface area (Å²) >= 11 is 1.30. The zero-order valence-electron chi connectivity index (χ0n) is 11.5. The smallest absolute Gasteiger partial charge is 0.355 e. The van der Waals surface area contributed by atoms with Crippen molar-refractivity contribution in [3.8, 4) is 16.3 Å². The Labute approximate surface area is 126 Å². The molecule has 0 aliphatic heterocycles. The van der Waals surface area contributed by atoms with Crippen molar-refractivity contribution in [2.45, 2.75) is 19.3 Å². The average Bonchev–Trinajstić information content (AvgIpc) is 2.97. The summed E-state index contributed by atoms with van der Waals surface area (Å²) in [7, 11) is 0. The highest BCUT2D eigenvalue weighted by Crippen LogP contribution is 2.27. The zero-order chi connectivity index (χ0) is 15.1. The Balaban J connectivity index is 1.98. The lowest BCUT2D eigenvalue weighted by molar-refractivity contribution is 0.0691. The van der Waals surface area contributed by atoms with E-state index in [0.717, 1.165) is 30.6 Å². The second kappa shape index (κ2) is 7.75. The van der Waals surface area contributed by atoms with E-state index in [1.807, 2.05) is 24.3 Å². The molecular formula is C15H17NO4S. The Bertz CT molecular complexity index is 597. The molecule has 0 saturated carbocycles. The second-order valence-electron chi connectivity index (χ2n) is 4.50. The number of hydrogen-bond acceptors (Lipinski definition) is 5. The normalized spacial score (nSPS) is 10.5. The number of carboxylic acids is 1. The molecule has 1 heterocycles. The molecule has 0 fully saturated rings. The fourth-order valence-corrected chi connectivity index (χ4v) is 2.60. The van der Waals surface area contributed by atoms with Crippen LogP contribution >= 0.6 is 11.3 Å². The van der Waals surface area contributed by atoms with Crippen LogP contribution in [0.15, 0.2) is 29.6 Å². The van der Waals surface area contributed by atoms with E-state index in [1.165, 1.54) is 16.7 Å². The van der Waals surface area contributed by atoms with E-state index in [1.54, 1.807) is 0 Å². The van der Waals surface area contributed by atoms with E-state index in [0.29, 0.717) is 11.6 Å². The van der Waals surface area contributed by atoms with Gasteiger partial charge in [0, 0.05) is 17.6 Å². The van der Waals surface area contributed by atoms with Gasteiger partial charge in [-0.1, -0.05) is 12.1 Å². The molecular weight excluding hydrogens is 290 g/mol. The molecule has 112 valence electrons. The highest BCUT2D eigenvalue weighted by atomic mass is 32.1. The number of aromatic nitrogens is 1. The molecule has 0 aliphatic carbocycles. The minimum atomic E-state index is -1.02. The molecule has 1 aromatic heterocycles. The summed E-state index contributed by atoms with van der Waals surface area (Å²) in [5.74, 6) is -0.280. The Morgan fingerprint density at radius 1 is 1.29 bits per heavy atom. The van der Waals surface area contributed by atoms with E-state index >= 15 is 0 Å². The van der Waals surface area contributed by atoms with Crippen molar-refractivity contribution >= 4 is 17.3 Å². The molecule has 2 aromatic rings. The van der Waals surface area contributed by atoms with Gasteiger partial charge in [0.1, 0.15) is 10.8 Å². The molecule has 0 spiro atoms. The number of aliphatic hydroxyl groups is 1. The van der Waals surface area contributed by atoms with Gasteiger partial charge < -0.3 is 14.9 Å². The predicted molar refractivity (Wildman–Crippen MR) is 80.9 cm³/mol. The summed E-state index contributed by atoms with van der Waals surface area (Å²) in [6.45, 7) is 0.813. The molecule has 5 nitrogen and oxygen atoms in total. The van der Waals surface area contributed by atoms with Crippen molar-refractivity contribution < 1.29 is 19.7 Å². The molecule has 6 heteroatoms. The van der Waals surface area contributed by atoms with Crippen LogP contribution in [-0.4, -0.2) is 34.4 Å². The summed E-state index contributed by atoms with van der Waals surface area (Å²) < 4.78 is 5.65. The molecule has 21 heavy (non-hydrogen) atoms. The van der Waals surface area contributed by atoms with E-state index in [-0.39, 0.29) is 12.3 Å². The lowest BCUT2D eigenvalue weighted by atomic mass is 10.2. The summed E-state index contributed by atoms with van der Waals surface area (Å²) in [5.41, 5.74) is 0.908. The van der Waals surface area contributed by atoms with Gasteiger partial charge in [-0.25, -0.2) is 9.78 Å². The van der Waals surface area contributed by atoms with Crippen LogP contribution < -0.4 is 4.74 Å². The number of carbonyl (C=O) groups is 1. The summed E-state index contributed by atoms with van der Waals surface area (Å²) in [6, 6.07) is 7.46. The van der Waals surface area contributed by atoms with Gasteiger partial charge in [0.05, 0.1) is 6.61 Å². The third-order valence-corrected chi connectivity index (χ3v) is 3.77. The summed E-state index contributed by atoms with van der Waals surface area (Å²) in [6.07, 6.45) is 2.62. The van der Waals surface area contributed by atoms with E-state index in [2.05, 4.69) is 4.98 Å². The summed E-state index contributed by atoms with van der Waals surface area (Å²) in [4.78, 5) is 14.9. The van der Waals surface area contributed by atoms with Gasteiger partial charge >= 0.3 is 5.97 Å². The first-order valence-corrected chi connectivity index (χ1v) is 7.61. The maximum Gasteiger partial charge on any atom is 0.355 e. The predicted octanol–water partition coefficient (Wildman–Crippen LogP) is 3.05. The SMILES string of the molecule is O=C(O)c1csc(-c2cccc(OCCCCCO)c2)n1. The minimum Gasteiger partial charge on any atom is -0.494 e. The quantitative estimate of drug-likeness (QED) is 0.733. The number of aliphatic hydroxyl groups excluding tert-OH is 1. The number of thiazole rings is 1. The van der Waals surface area contributed by atoms with Crippen LogP contribution in [0.5, 0.6) is 5.75 Å². The van der Waals surface area contributed by atoms with Crippen LogP contribution in [0.3, 0.4) is 0 Å². The molecule has 1 aromatic carbocycles. The zero-order valence-corrected chi connectivity index (χ0v) is 12.3. The van der Waals surface area contributed by atoms with Gasteiger partial charge in [0.25, 0.3) is 0 Å². The standard InChI is InChI=1S/C15H17NO4S/c17-7-2-1-3-8-20-12-6-4-5-11(9-12)14-16-13(10-21-14)15(18)19/h4-6,9-10,17H,1-3,7-8H2,(H,18,19). The van der Waals surface area contributed by atoms with E-state index < -0.39 is 5.97 Å². The highest BCUT2D eigenvalue weighted by molar-refractivity contribution is 7.13. The van der Waals surface area contributed by atoms with Crippen molar-refractivity contribution in [3.63, 3.8) is 0 Å². The first kappa shape index (κ1) is 15.5. The average molecular weight is 307 g/mol. The number of aromatic carboxylic acids is 1. The van der Waals surface area contributed by atoms with Crippen molar-refractivity contribution in [1.82, 2.24) is 4.98 Å². The number of benzene rings is 1. The molecule has 2 N–H and O–H groups in total. The van der Waals surface area contributed by atoms with Crippen LogP contribution in [0.25, 0.3) is 10.6 Å². The monoisotopic (exact) mass is 307 g/mol. The van der Waals surface area contributed by atoms with Crippen LogP contribution in [0.4, 0.5) is 0 Å². The molecule has 0 amide bonds. The Kier molecular flexibility index (Phi) is 5.71. The Hall–Kier alpha value is -1.92. The minimum absolute atomic E-state index is 0.0605. The van der Waals surface area contributed by atoms with Gasteiger partial charge in [0.15, 0.2) is 5.69 Å². The Morgan fingerprint density at radius 2 is 2.14 bits per heavy atom. The van der Waals surface area contributed by atoms with Crippen molar-refractivity contribution in [3.05, 3.63) is 35.3 Å². The first-order valence-electron chi connectivity index (χ1n) is 6.73. The number of unbranched alkanes of at least 4 members (excludes halogenated alkanes) is 2. The Morgan fingerprint density at radius 3 is 2.86 bits per heavy atom. The fourth-order valence-electron chi connectivity index (χ4n) is 1.80. The maximum atomic E-state index is 10.8. The molecule has 0 saturated heterocycles. The highest BCUT2D eigenvalue weighted by Gasteiger charge is 2.10. The van der Waals surface area contributed by atoms with Crippen molar-refractivity contribution in [2.24, 2.45) is 0 Å². The van der Waals surface area contributed by atoms with Crippen LogP contribution in [0, 0.1) is 0 Å². The van der Waals surface area contributed by atoms with Crippen LogP contribution in [0.1, 0.15) is 29.8 Å².